The van der Waals surface area contributed by atoms with Crippen LogP contribution in [0.1, 0.15) is 20.3 Å². The summed E-state index contributed by atoms with van der Waals surface area (Å²) < 4.78 is 20.3. The number of ether oxygens (including phenoxy) is 4. The lowest BCUT2D eigenvalue weighted by Gasteiger charge is -2.24. The first kappa shape index (κ1) is 16.4. The van der Waals surface area contributed by atoms with Gasteiger partial charge in [-0.15, -0.1) is 0 Å². The van der Waals surface area contributed by atoms with Crippen molar-refractivity contribution in [3.8, 4) is 0 Å². The Kier molecular flexibility index (Phi) is 9.03. The van der Waals surface area contributed by atoms with Gasteiger partial charge in [0.1, 0.15) is 0 Å². The molecule has 0 rings (SSSR count). The molecule has 0 N–H and O–H groups in total. The fraction of sp³-hybridized carbons (Fsp3) is 0.917. The molecule has 1 unspecified atom stereocenters. The van der Waals surface area contributed by atoms with Gasteiger partial charge in [0.05, 0.1) is 45.6 Å². The molecule has 5 heteroatoms. The van der Waals surface area contributed by atoms with Gasteiger partial charge in [0.2, 0.25) is 0 Å². The highest BCUT2D eigenvalue weighted by molar-refractivity contribution is 5.76. The molecule has 0 aliphatic carbocycles. The Morgan fingerprint density at radius 2 is 1.65 bits per heavy atom. The first-order valence-electron chi connectivity index (χ1n) is 5.83. The molecular weight excluding hydrogens is 224 g/mol. The Bertz CT molecular complexity index is 207. The van der Waals surface area contributed by atoms with E-state index in [1.54, 1.807) is 7.11 Å². The predicted octanol–water partition coefficient (Wildman–Crippen LogP) is 1.26. The van der Waals surface area contributed by atoms with Gasteiger partial charge in [0.15, 0.2) is 0 Å². The second-order valence-corrected chi connectivity index (χ2v) is 4.06. The molecule has 0 bridgehead atoms. The van der Waals surface area contributed by atoms with Gasteiger partial charge in [0.25, 0.3) is 0 Å². The molecule has 5 nitrogen and oxygen atoms in total. The predicted molar refractivity (Wildman–Crippen MR) is 63.9 cm³/mol. The molecule has 0 amide bonds. The van der Waals surface area contributed by atoms with Crippen molar-refractivity contribution in [1.82, 2.24) is 0 Å². The van der Waals surface area contributed by atoms with Crippen LogP contribution in [0.3, 0.4) is 0 Å². The summed E-state index contributed by atoms with van der Waals surface area (Å²) in [5.74, 6) is -0.236. The average Bonchev–Trinajstić information content (AvgIpc) is 2.36. The van der Waals surface area contributed by atoms with Gasteiger partial charge in [-0.2, -0.15) is 0 Å². The molecule has 0 spiro atoms. The number of carbonyl (C=O) groups is 1. The topological polar surface area (TPSA) is 54.0 Å². The molecule has 102 valence electrons. The SMILES string of the molecule is CCC(C)(COCCOCCOC)C(=O)OC. The summed E-state index contributed by atoms with van der Waals surface area (Å²) >= 11 is 0. The summed E-state index contributed by atoms with van der Waals surface area (Å²) in [5, 5.41) is 0. The normalized spacial score (nSPS) is 14.4. The Labute approximate surface area is 103 Å². The van der Waals surface area contributed by atoms with Gasteiger partial charge in [0, 0.05) is 7.11 Å². The molecule has 0 saturated heterocycles. The van der Waals surface area contributed by atoms with Crippen LogP contribution in [0.5, 0.6) is 0 Å². The van der Waals surface area contributed by atoms with Gasteiger partial charge in [-0.25, -0.2) is 0 Å². The highest BCUT2D eigenvalue weighted by Gasteiger charge is 2.32. The van der Waals surface area contributed by atoms with Crippen LogP contribution in [0.25, 0.3) is 0 Å². The van der Waals surface area contributed by atoms with Gasteiger partial charge in [-0.3, -0.25) is 4.79 Å². The van der Waals surface area contributed by atoms with Gasteiger partial charge in [-0.05, 0) is 13.3 Å². The molecule has 0 aromatic rings. The maximum absolute atomic E-state index is 11.5. The number of rotatable bonds is 10. The van der Waals surface area contributed by atoms with Crippen LogP contribution in [0.15, 0.2) is 0 Å². The van der Waals surface area contributed by atoms with E-state index in [-0.39, 0.29) is 5.97 Å². The van der Waals surface area contributed by atoms with E-state index in [1.165, 1.54) is 7.11 Å². The summed E-state index contributed by atoms with van der Waals surface area (Å²) in [4.78, 5) is 11.5. The van der Waals surface area contributed by atoms with Gasteiger partial charge < -0.3 is 18.9 Å². The summed E-state index contributed by atoms with van der Waals surface area (Å²) in [7, 11) is 3.02. The minimum absolute atomic E-state index is 0.236. The standard InChI is InChI=1S/C12H24O5/c1-5-12(2,11(13)15-4)10-17-9-8-16-7-6-14-3/h5-10H2,1-4H3. The van der Waals surface area contributed by atoms with Gasteiger partial charge in [-0.1, -0.05) is 6.92 Å². The summed E-state index contributed by atoms with van der Waals surface area (Å²) in [6.07, 6.45) is 0.685. The van der Waals surface area contributed by atoms with E-state index in [0.29, 0.717) is 39.5 Å². The Balaban J connectivity index is 3.67. The van der Waals surface area contributed by atoms with Gasteiger partial charge >= 0.3 is 5.97 Å². The van der Waals surface area contributed by atoms with Crippen LogP contribution in [-0.2, 0) is 23.7 Å². The minimum atomic E-state index is -0.568. The van der Waals surface area contributed by atoms with E-state index in [1.807, 2.05) is 13.8 Å². The largest absolute Gasteiger partial charge is 0.469 e. The highest BCUT2D eigenvalue weighted by Crippen LogP contribution is 2.22. The molecule has 0 heterocycles. The third-order valence-electron chi connectivity index (χ3n) is 2.68. The van der Waals surface area contributed by atoms with E-state index >= 15 is 0 Å². The zero-order chi connectivity index (χ0) is 13.1. The Hall–Kier alpha value is -0.650. The van der Waals surface area contributed by atoms with Crippen LogP contribution >= 0.6 is 0 Å². The maximum atomic E-state index is 11.5. The number of hydrogen-bond acceptors (Lipinski definition) is 5. The summed E-state index contributed by atoms with van der Waals surface area (Å²) in [6, 6.07) is 0. The third-order valence-corrected chi connectivity index (χ3v) is 2.68. The second kappa shape index (κ2) is 9.39. The molecular formula is C12H24O5. The van der Waals surface area contributed by atoms with Crippen molar-refractivity contribution < 1.29 is 23.7 Å². The molecule has 0 aliphatic heterocycles. The van der Waals surface area contributed by atoms with E-state index in [4.69, 9.17) is 18.9 Å². The molecule has 17 heavy (non-hydrogen) atoms. The number of methoxy groups -OCH3 is 2. The molecule has 0 aromatic heterocycles. The lowest BCUT2D eigenvalue weighted by atomic mass is 9.89. The van der Waals surface area contributed by atoms with Crippen molar-refractivity contribution in [2.75, 3.05) is 47.3 Å². The molecule has 1 atom stereocenters. The van der Waals surface area contributed by atoms with Crippen molar-refractivity contribution in [3.05, 3.63) is 0 Å². The van der Waals surface area contributed by atoms with E-state index in [9.17, 15) is 4.79 Å². The fourth-order valence-corrected chi connectivity index (χ4v) is 1.21. The highest BCUT2D eigenvalue weighted by atomic mass is 16.5. The summed E-state index contributed by atoms with van der Waals surface area (Å²) in [6.45, 7) is 6.24. The van der Waals surface area contributed by atoms with E-state index in [0.717, 1.165) is 0 Å². The molecule has 0 aliphatic rings. The first-order chi connectivity index (χ1) is 8.10. The minimum Gasteiger partial charge on any atom is -0.469 e. The van der Waals surface area contributed by atoms with Crippen LogP contribution < -0.4 is 0 Å². The Morgan fingerprint density at radius 1 is 1.06 bits per heavy atom. The summed E-state index contributed by atoms with van der Waals surface area (Å²) in [5.41, 5.74) is -0.568. The molecule has 0 saturated carbocycles. The van der Waals surface area contributed by atoms with Crippen molar-refractivity contribution in [2.45, 2.75) is 20.3 Å². The molecule has 0 aromatic carbocycles. The Morgan fingerprint density at radius 3 is 2.18 bits per heavy atom. The number of carbonyl (C=O) groups excluding carboxylic acids is 1. The van der Waals surface area contributed by atoms with Crippen molar-refractivity contribution >= 4 is 5.97 Å². The van der Waals surface area contributed by atoms with Crippen LogP contribution in [-0.4, -0.2) is 53.2 Å². The van der Waals surface area contributed by atoms with Crippen LogP contribution in [0, 0.1) is 5.41 Å². The zero-order valence-corrected chi connectivity index (χ0v) is 11.3. The smallest absolute Gasteiger partial charge is 0.313 e. The van der Waals surface area contributed by atoms with E-state index in [2.05, 4.69) is 0 Å². The van der Waals surface area contributed by atoms with Crippen molar-refractivity contribution in [3.63, 3.8) is 0 Å². The van der Waals surface area contributed by atoms with Crippen molar-refractivity contribution in [1.29, 1.82) is 0 Å². The monoisotopic (exact) mass is 248 g/mol. The zero-order valence-electron chi connectivity index (χ0n) is 11.3. The van der Waals surface area contributed by atoms with Crippen molar-refractivity contribution in [2.24, 2.45) is 5.41 Å². The van der Waals surface area contributed by atoms with E-state index < -0.39 is 5.41 Å². The molecule has 0 fully saturated rings. The van der Waals surface area contributed by atoms with Crippen LogP contribution in [0.2, 0.25) is 0 Å². The fourth-order valence-electron chi connectivity index (χ4n) is 1.21. The quantitative estimate of drug-likeness (QED) is 0.430. The number of esters is 1. The maximum Gasteiger partial charge on any atom is 0.313 e. The third kappa shape index (κ3) is 6.61. The number of hydrogen-bond donors (Lipinski definition) is 0. The average molecular weight is 248 g/mol. The molecule has 0 radical (unpaired) electrons. The first-order valence-corrected chi connectivity index (χ1v) is 5.83. The van der Waals surface area contributed by atoms with Crippen LogP contribution in [0.4, 0.5) is 0 Å². The lowest BCUT2D eigenvalue weighted by molar-refractivity contribution is -0.156. The lowest BCUT2D eigenvalue weighted by Crippen LogP contribution is -2.33. The second-order valence-electron chi connectivity index (χ2n) is 4.06.